The van der Waals surface area contributed by atoms with Crippen molar-refractivity contribution < 1.29 is 14.6 Å². The third-order valence-electron chi connectivity index (χ3n) is 2.97. The molecule has 1 rings (SSSR count). The maximum absolute atomic E-state index is 9.42. The Morgan fingerprint density at radius 3 is 2.79 bits per heavy atom. The fraction of sp³-hybridized carbons (Fsp3) is 0.600. The first-order valence-corrected chi connectivity index (χ1v) is 6.83. The number of aromatic hydroxyl groups is 1. The summed E-state index contributed by atoms with van der Waals surface area (Å²) in [6, 6.07) is 7.62. The summed E-state index contributed by atoms with van der Waals surface area (Å²) in [5, 5.41) is 12.9. The number of unbranched alkanes of at least 4 members (excludes halogenated alkanes) is 1. The maximum atomic E-state index is 9.42. The number of hydrogen-bond donors (Lipinski definition) is 2. The van der Waals surface area contributed by atoms with Gasteiger partial charge in [0.05, 0.1) is 13.2 Å². The normalized spacial score (nSPS) is 12.5. The number of phenols is 1. The van der Waals surface area contributed by atoms with Gasteiger partial charge in [0.25, 0.3) is 0 Å². The van der Waals surface area contributed by atoms with Gasteiger partial charge in [0.2, 0.25) is 0 Å². The summed E-state index contributed by atoms with van der Waals surface area (Å²) >= 11 is 0. The Balaban J connectivity index is 2.06. The van der Waals surface area contributed by atoms with E-state index in [4.69, 9.17) is 9.47 Å². The first-order valence-electron chi connectivity index (χ1n) is 6.83. The second-order valence-corrected chi connectivity index (χ2v) is 4.58. The van der Waals surface area contributed by atoms with Crippen LogP contribution in [0.2, 0.25) is 0 Å². The lowest BCUT2D eigenvalue weighted by Crippen LogP contribution is -2.20. The summed E-state index contributed by atoms with van der Waals surface area (Å²) in [5.41, 5.74) is 1.11. The molecule has 0 fully saturated rings. The second-order valence-electron chi connectivity index (χ2n) is 4.58. The highest BCUT2D eigenvalue weighted by Crippen LogP contribution is 2.17. The highest BCUT2D eigenvalue weighted by atomic mass is 16.5. The molecule has 0 aliphatic carbocycles. The average Bonchev–Trinajstić information content (AvgIpc) is 2.41. The van der Waals surface area contributed by atoms with Gasteiger partial charge in [-0.25, -0.2) is 0 Å². The first-order chi connectivity index (χ1) is 9.24. The molecule has 4 heteroatoms. The van der Waals surface area contributed by atoms with Crippen molar-refractivity contribution in [2.75, 3.05) is 33.5 Å². The Hall–Kier alpha value is -1.10. The fourth-order valence-electron chi connectivity index (χ4n) is 1.80. The van der Waals surface area contributed by atoms with E-state index >= 15 is 0 Å². The van der Waals surface area contributed by atoms with E-state index in [1.807, 2.05) is 12.1 Å². The molecule has 1 aromatic carbocycles. The molecule has 0 saturated heterocycles. The van der Waals surface area contributed by atoms with E-state index in [2.05, 4.69) is 12.2 Å². The zero-order valence-electron chi connectivity index (χ0n) is 11.9. The number of hydrogen-bond acceptors (Lipinski definition) is 4. The van der Waals surface area contributed by atoms with Gasteiger partial charge < -0.3 is 19.9 Å². The number of phenolic OH excluding ortho intramolecular Hbond substituents is 1. The van der Waals surface area contributed by atoms with Crippen molar-refractivity contribution in [2.24, 2.45) is 0 Å². The predicted octanol–water partition coefficient (Wildman–Crippen LogP) is 2.49. The monoisotopic (exact) mass is 267 g/mol. The zero-order valence-corrected chi connectivity index (χ0v) is 11.9. The van der Waals surface area contributed by atoms with Gasteiger partial charge in [0, 0.05) is 19.8 Å². The smallest absolute Gasteiger partial charge is 0.115 e. The Morgan fingerprint density at radius 2 is 2.05 bits per heavy atom. The molecular weight excluding hydrogens is 242 g/mol. The fourth-order valence-corrected chi connectivity index (χ4v) is 1.80. The van der Waals surface area contributed by atoms with Gasteiger partial charge in [0.1, 0.15) is 5.75 Å². The molecule has 2 N–H and O–H groups in total. The minimum atomic E-state index is 0.251. The Kier molecular flexibility index (Phi) is 8.21. The Labute approximate surface area is 115 Å². The molecule has 0 radical (unpaired) electrons. The van der Waals surface area contributed by atoms with E-state index in [-0.39, 0.29) is 6.04 Å². The van der Waals surface area contributed by atoms with Crippen molar-refractivity contribution in [1.82, 2.24) is 5.32 Å². The minimum Gasteiger partial charge on any atom is -0.508 e. The number of methoxy groups -OCH3 is 1. The molecular formula is C15H25NO3. The van der Waals surface area contributed by atoms with Crippen LogP contribution in [0.25, 0.3) is 0 Å². The largest absolute Gasteiger partial charge is 0.508 e. The number of rotatable bonds is 10. The summed E-state index contributed by atoms with van der Waals surface area (Å²) in [4.78, 5) is 0. The number of benzene rings is 1. The maximum Gasteiger partial charge on any atom is 0.115 e. The van der Waals surface area contributed by atoms with Gasteiger partial charge in [-0.3, -0.25) is 0 Å². The molecule has 19 heavy (non-hydrogen) atoms. The van der Waals surface area contributed by atoms with Crippen LogP contribution in [0.4, 0.5) is 0 Å². The lowest BCUT2D eigenvalue weighted by atomic mass is 10.1. The molecule has 0 heterocycles. The van der Waals surface area contributed by atoms with Gasteiger partial charge in [-0.2, -0.15) is 0 Å². The van der Waals surface area contributed by atoms with Crippen molar-refractivity contribution >= 4 is 0 Å². The van der Waals surface area contributed by atoms with Crippen molar-refractivity contribution in [1.29, 1.82) is 0 Å². The molecule has 0 amide bonds. The molecule has 4 nitrogen and oxygen atoms in total. The van der Waals surface area contributed by atoms with E-state index in [1.54, 1.807) is 19.2 Å². The van der Waals surface area contributed by atoms with Gasteiger partial charge >= 0.3 is 0 Å². The average molecular weight is 267 g/mol. The quantitative estimate of drug-likeness (QED) is 0.639. The standard InChI is InChI=1S/C15H25NO3/c1-13(14-6-5-7-15(17)12-14)16-8-3-4-9-19-11-10-18-2/h5-7,12-13,16-17H,3-4,8-11H2,1-2H3. The number of nitrogens with one attached hydrogen (secondary N) is 1. The summed E-state index contributed by atoms with van der Waals surface area (Å²) < 4.78 is 10.3. The van der Waals surface area contributed by atoms with Crippen LogP contribution in [-0.2, 0) is 9.47 Å². The topological polar surface area (TPSA) is 50.7 Å². The van der Waals surface area contributed by atoms with Crippen LogP contribution >= 0.6 is 0 Å². The molecule has 0 aliphatic rings. The summed E-state index contributed by atoms with van der Waals surface area (Å²) in [7, 11) is 1.68. The van der Waals surface area contributed by atoms with Gasteiger partial charge in [-0.15, -0.1) is 0 Å². The van der Waals surface area contributed by atoms with E-state index in [1.165, 1.54) is 0 Å². The van der Waals surface area contributed by atoms with Crippen molar-refractivity contribution in [3.8, 4) is 5.75 Å². The van der Waals surface area contributed by atoms with Gasteiger partial charge in [0.15, 0.2) is 0 Å². The third kappa shape index (κ3) is 7.15. The molecule has 1 aromatic rings. The molecule has 0 aliphatic heterocycles. The van der Waals surface area contributed by atoms with Crippen LogP contribution in [0.3, 0.4) is 0 Å². The summed E-state index contributed by atoms with van der Waals surface area (Å²) in [6.07, 6.45) is 2.12. The van der Waals surface area contributed by atoms with Crippen molar-refractivity contribution in [2.45, 2.75) is 25.8 Å². The molecule has 1 atom stereocenters. The van der Waals surface area contributed by atoms with E-state index < -0.39 is 0 Å². The van der Waals surface area contributed by atoms with E-state index in [0.717, 1.165) is 31.6 Å². The predicted molar refractivity (Wildman–Crippen MR) is 76.5 cm³/mol. The van der Waals surface area contributed by atoms with Crippen LogP contribution in [0, 0.1) is 0 Å². The summed E-state index contributed by atoms with van der Waals surface area (Å²) in [5.74, 6) is 0.317. The lowest BCUT2D eigenvalue weighted by Gasteiger charge is -2.14. The van der Waals surface area contributed by atoms with Crippen molar-refractivity contribution in [3.05, 3.63) is 29.8 Å². The molecule has 1 unspecified atom stereocenters. The van der Waals surface area contributed by atoms with Crippen LogP contribution in [0.5, 0.6) is 5.75 Å². The molecule has 0 spiro atoms. The highest BCUT2D eigenvalue weighted by Gasteiger charge is 2.04. The highest BCUT2D eigenvalue weighted by molar-refractivity contribution is 5.28. The Bertz CT molecular complexity index is 344. The molecule has 0 saturated carbocycles. The van der Waals surface area contributed by atoms with Crippen LogP contribution in [-0.4, -0.2) is 38.6 Å². The number of ether oxygens (including phenoxy) is 2. The molecule has 0 bridgehead atoms. The third-order valence-corrected chi connectivity index (χ3v) is 2.97. The lowest BCUT2D eigenvalue weighted by molar-refractivity contribution is 0.0687. The van der Waals surface area contributed by atoms with E-state index in [9.17, 15) is 5.11 Å². The van der Waals surface area contributed by atoms with Gasteiger partial charge in [-0.1, -0.05) is 12.1 Å². The van der Waals surface area contributed by atoms with Gasteiger partial charge in [-0.05, 0) is 44.0 Å². The zero-order chi connectivity index (χ0) is 13.9. The molecule has 108 valence electrons. The van der Waals surface area contributed by atoms with Crippen LogP contribution in [0.1, 0.15) is 31.4 Å². The summed E-state index contributed by atoms with van der Waals surface area (Å²) in [6.45, 7) is 5.16. The van der Waals surface area contributed by atoms with E-state index in [0.29, 0.717) is 19.0 Å². The molecule has 0 aromatic heterocycles. The second kappa shape index (κ2) is 9.78. The SMILES string of the molecule is COCCOCCCCNC(C)c1cccc(O)c1. The van der Waals surface area contributed by atoms with Crippen LogP contribution < -0.4 is 5.32 Å². The Morgan fingerprint density at radius 1 is 1.21 bits per heavy atom. The first kappa shape index (κ1) is 16.0. The van der Waals surface area contributed by atoms with Crippen molar-refractivity contribution in [3.63, 3.8) is 0 Å². The minimum absolute atomic E-state index is 0.251. The van der Waals surface area contributed by atoms with Crippen LogP contribution in [0.15, 0.2) is 24.3 Å².